The Labute approximate surface area is 53.2 Å². The van der Waals surface area contributed by atoms with E-state index in [1.165, 1.54) is 0 Å². The smallest absolute Gasteiger partial charge is 0.292 e. The lowest BCUT2D eigenvalue weighted by molar-refractivity contribution is 0.547. The molecule has 0 fully saturated rings. The summed E-state index contributed by atoms with van der Waals surface area (Å²) in [7, 11) is 0. The minimum absolute atomic E-state index is 0.197. The zero-order valence-corrected chi connectivity index (χ0v) is 5.22. The third kappa shape index (κ3) is 0.937. The molecule has 0 amide bonds. The molecular weight excluding hydrogens is 116 g/mol. The van der Waals surface area contributed by atoms with Gasteiger partial charge >= 0.3 is 0 Å². The molecule has 1 heterocycles. The van der Waals surface area contributed by atoms with Crippen LogP contribution in [0.3, 0.4) is 0 Å². The summed E-state index contributed by atoms with van der Waals surface area (Å²) < 4.78 is 4.90. The molecule has 0 aliphatic heterocycles. The van der Waals surface area contributed by atoms with Crippen LogP contribution in [0.5, 0.6) is 0 Å². The first-order valence-electron chi connectivity index (χ1n) is 2.59. The molecule has 3 heteroatoms. The lowest BCUT2D eigenvalue weighted by Crippen LogP contribution is -1.81. The fourth-order valence-electron chi connectivity index (χ4n) is 0.619. The van der Waals surface area contributed by atoms with Crippen LogP contribution in [-0.4, -0.2) is 4.98 Å². The monoisotopic (exact) mass is 124 g/mol. The van der Waals surface area contributed by atoms with Gasteiger partial charge in [-0.25, -0.2) is 0 Å². The summed E-state index contributed by atoms with van der Waals surface area (Å²) in [6, 6.07) is 0.197. The number of nitrogens with two attached hydrogens (primary N) is 1. The number of nitrogens with zero attached hydrogens (tertiary/aromatic N) is 1. The van der Waals surface area contributed by atoms with E-state index in [0.717, 1.165) is 0 Å². The Balaban J connectivity index is 3.15. The molecule has 0 saturated carbocycles. The van der Waals surface area contributed by atoms with Gasteiger partial charge in [0.05, 0.1) is 0 Å². The van der Waals surface area contributed by atoms with Crippen molar-refractivity contribution in [3.63, 3.8) is 0 Å². The van der Waals surface area contributed by atoms with Crippen molar-refractivity contribution in [1.29, 1.82) is 0 Å². The quantitative estimate of drug-likeness (QED) is 0.612. The second-order valence-electron chi connectivity index (χ2n) is 1.70. The zero-order valence-electron chi connectivity index (χ0n) is 5.22. The van der Waals surface area contributed by atoms with Crippen molar-refractivity contribution in [2.24, 2.45) is 0 Å². The topological polar surface area (TPSA) is 52.0 Å². The van der Waals surface area contributed by atoms with Gasteiger partial charge in [-0.2, -0.15) is 4.98 Å². The second kappa shape index (κ2) is 1.93. The van der Waals surface area contributed by atoms with Crippen LogP contribution in [0.4, 0.5) is 6.01 Å². The molecule has 0 aromatic carbocycles. The molecule has 0 unspecified atom stereocenters. The first-order valence-corrected chi connectivity index (χ1v) is 2.59. The van der Waals surface area contributed by atoms with Crippen LogP contribution in [-0.2, 0) is 0 Å². The van der Waals surface area contributed by atoms with Gasteiger partial charge in [-0.3, -0.25) is 0 Å². The fourth-order valence-corrected chi connectivity index (χ4v) is 0.619. The van der Waals surface area contributed by atoms with Crippen molar-refractivity contribution in [2.45, 2.75) is 6.92 Å². The van der Waals surface area contributed by atoms with Crippen molar-refractivity contribution < 1.29 is 4.42 Å². The van der Waals surface area contributed by atoms with Gasteiger partial charge in [-0.1, -0.05) is 6.58 Å². The van der Waals surface area contributed by atoms with Crippen molar-refractivity contribution in [1.82, 2.24) is 4.98 Å². The highest BCUT2D eigenvalue weighted by atomic mass is 16.4. The number of rotatable bonds is 1. The molecule has 0 bridgehead atoms. The number of nitrogen functional groups attached to an aromatic ring is 1. The van der Waals surface area contributed by atoms with Crippen molar-refractivity contribution in [3.8, 4) is 0 Å². The normalized spacial score (nSPS) is 9.44. The van der Waals surface area contributed by atoms with E-state index in [-0.39, 0.29) is 6.01 Å². The number of hydrogen-bond acceptors (Lipinski definition) is 3. The Kier molecular flexibility index (Phi) is 1.26. The lowest BCUT2D eigenvalue weighted by atomic mass is 10.4. The molecule has 2 N–H and O–H groups in total. The number of aromatic nitrogens is 1. The Hall–Kier alpha value is -1.25. The Bertz CT molecular complexity index is 227. The van der Waals surface area contributed by atoms with Gasteiger partial charge in [0.15, 0.2) is 0 Å². The van der Waals surface area contributed by atoms with Crippen molar-refractivity contribution in [2.75, 3.05) is 5.73 Å². The molecule has 1 aromatic rings. The number of anilines is 1. The Morgan fingerprint density at radius 1 is 1.78 bits per heavy atom. The SMILES string of the molecule is C=Cc1nc(N)oc1C. The van der Waals surface area contributed by atoms with Crippen LogP contribution in [0.2, 0.25) is 0 Å². The molecule has 0 radical (unpaired) electrons. The largest absolute Gasteiger partial charge is 0.429 e. The molecule has 0 spiro atoms. The van der Waals surface area contributed by atoms with E-state index in [9.17, 15) is 0 Å². The maximum Gasteiger partial charge on any atom is 0.292 e. The summed E-state index contributed by atoms with van der Waals surface area (Å²) in [5, 5.41) is 0. The van der Waals surface area contributed by atoms with E-state index in [4.69, 9.17) is 10.2 Å². The van der Waals surface area contributed by atoms with Gasteiger partial charge in [0, 0.05) is 0 Å². The van der Waals surface area contributed by atoms with E-state index in [1.54, 1.807) is 13.0 Å². The van der Waals surface area contributed by atoms with E-state index in [1.807, 2.05) is 0 Å². The predicted molar refractivity (Wildman–Crippen MR) is 35.7 cm³/mol. The standard InChI is InChI=1S/C6H8N2O/c1-3-5-4(2)9-6(7)8-5/h3H,1H2,2H3,(H2,7,8). The van der Waals surface area contributed by atoms with E-state index in [0.29, 0.717) is 11.5 Å². The molecule has 3 nitrogen and oxygen atoms in total. The molecular formula is C6H8N2O. The minimum atomic E-state index is 0.197. The Morgan fingerprint density at radius 3 is 2.67 bits per heavy atom. The maximum absolute atomic E-state index is 5.23. The Morgan fingerprint density at radius 2 is 2.44 bits per heavy atom. The highest BCUT2D eigenvalue weighted by molar-refractivity contribution is 5.45. The van der Waals surface area contributed by atoms with Crippen molar-refractivity contribution >= 4 is 12.1 Å². The number of aryl methyl sites for hydroxylation is 1. The average Bonchev–Trinajstić information content (AvgIpc) is 2.10. The highest BCUT2D eigenvalue weighted by Crippen LogP contribution is 2.10. The summed E-state index contributed by atoms with van der Waals surface area (Å²) in [5.74, 6) is 0.711. The molecule has 1 rings (SSSR count). The van der Waals surface area contributed by atoms with Crippen LogP contribution in [0.25, 0.3) is 6.08 Å². The summed E-state index contributed by atoms with van der Waals surface area (Å²) in [6.07, 6.45) is 1.61. The molecule has 48 valence electrons. The number of hydrogen-bond donors (Lipinski definition) is 1. The van der Waals surface area contributed by atoms with E-state index >= 15 is 0 Å². The maximum atomic E-state index is 5.23. The molecule has 9 heavy (non-hydrogen) atoms. The average molecular weight is 124 g/mol. The minimum Gasteiger partial charge on any atom is -0.429 e. The van der Waals surface area contributed by atoms with Crippen LogP contribution in [0, 0.1) is 6.92 Å². The number of oxazole rings is 1. The highest BCUT2D eigenvalue weighted by Gasteiger charge is 2.00. The third-order valence-corrected chi connectivity index (χ3v) is 1.04. The molecule has 0 aliphatic carbocycles. The third-order valence-electron chi connectivity index (χ3n) is 1.04. The summed E-state index contributed by atoms with van der Waals surface area (Å²) in [5.41, 5.74) is 5.94. The van der Waals surface area contributed by atoms with Gasteiger partial charge in [0.2, 0.25) is 0 Å². The van der Waals surface area contributed by atoms with Gasteiger partial charge in [-0.05, 0) is 13.0 Å². The van der Waals surface area contributed by atoms with Gasteiger partial charge < -0.3 is 10.2 Å². The van der Waals surface area contributed by atoms with E-state index in [2.05, 4.69) is 11.6 Å². The fraction of sp³-hybridized carbons (Fsp3) is 0.167. The van der Waals surface area contributed by atoms with Crippen LogP contribution in [0.1, 0.15) is 11.5 Å². The zero-order chi connectivity index (χ0) is 6.85. The van der Waals surface area contributed by atoms with Gasteiger partial charge in [-0.15, -0.1) is 0 Å². The second-order valence-corrected chi connectivity index (χ2v) is 1.70. The summed E-state index contributed by atoms with van der Waals surface area (Å²) in [4.78, 5) is 3.82. The molecule has 0 saturated heterocycles. The predicted octanol–water partition coefficient (Wildman–Crippen LogP) is 1.21. The first-order chi connectivity index (χ1) is 4.24. The first kappa shape index (κ1) is 5.88. The molecule has 0 aliphatic rings. The van der Waals surface area contributed by atoms with E-state index < -0.39 is 0 Å². The van der Waals surface area contributed by atoms with Gasteiger partial charge in [0.1, 0.15) is 11.5 Å². The summed E-state index contributed by atoms with van der Waals surface area (Å²) >= 11 is 0. The van der Waals surface area contributed by atoms with Crippen molar-refractivity contribution in [3.05, 3.63) is 18.0 Å². The summed E-state index contributed by atoms with van der Waals surface area (Å²) in [6.45, 7) is 5.32. The van der Waals surface area contributed by atoms with Crippen LogP contribution >= 0.6 is 0 Å². The van der Waals surface area contributed by atoms with Crippen LogP contribution in [0.15, 0.2) is 11.0 Å². The van der Waals surface area contributed by atoms with Crippen LogP contribution < -0.4 is 5.73 Å². The molecule has 1 aromatic heterocycles. The molecule has 0 atom stereocenters. The van der Waals surface area contributed by atoms with Gasteiger partial charge in [0.25, 0.3) is 6.01 Å². The lowest BCUT2D eigenvalue weighted by Gasteiger charge is -1.78.